The molecule has 7 N–H and O–H groups in total. The predicted octanol–water partition coefficient (Wildman–Crippen LogP) is -0.371. The van der Waals surface area contributed by atoms with Crippen LogP contribution >= 0.6 is 0 Å². The van der Waals surface area contributed by atoms with Gasteiger partial charge in [-0.2, -0.15) is 0 Å². The quantitative estimate of drug-likeness (QED) is 0.332. The Morgan fingerprint density at radius 1 is 1.16 bits per heavy atom. The molecule has 3 aliphatic carbocycles. The van der Waals surface area contributed by atoms with Crippen molar-refractivity contribution in [3.05, 3.63) is 46.2 Å². The Bertz CT molecular complexity index is 1150. The second-order valence-electron chi connectivity index (χ2n) is 8.96. The number of amides is 1. The van der Waals surface area contributed by atoms with Crippen LogP contribution in [0.3, 0.4) is 0 Å². The van der Waals surface area contributed by atoms with Gasteiger partial charge >= 0.3 is 0 Å². The SMILES string of the molecule is CN(C)[C@@H]1C(=O)C(C(N)=O)=C(O)[C@]2(O)C(=O)C3=C(O)c4c(O)cccc4[C@@](C)(O)[C@@H]3C[C@@H]12. The van der Waals surface area contributed by atoms with Crippen LogP contribution in [0.1, 0.15) is 24.5 Å². The van der Waals surface area contributed by atoms with Gasteiger partial charge in [0.25, 0.3) is 5.91 Å². The van der Waals surface area contributed by atoms with Gasteiger partial charge in [-0.15, -0.1) is 0 Å². The summed E-state index contributed by atoms with van der Waals surface area (Å²) in [5.41, 5.74) is -0.548. The van der Waals surface area contributed by atoms with E-state index in [-0.39, 0.29) is 17.5 Å². The molecule has 170 valence electrons. The number of hydrogen-bond donors (Lipinski definition) is 6. The zero-order valence-electron chi connectivity index (χ0n) is 17.7. The molecule has 1 fully saturated rings. The molecule has 4 rings (SSSR count). The molecular weight excluding hydrogens is 420 g/mol. The Balaban J connectivity index is 2.05. The van der Waals surface area contributed by atoms with Crippen molar-refractivity contribution in [3.8, 4) is 5.75 Å². The van der Waals surface area contributed by atoms with Gasteiger partial charge in [0.05, 0.1) is 17.2 Å². The fraction of sp³-hybridized carbons (Fsp3) is 0.409. The van der Waals surface area contributed by atoms with Crippen molar-refractivity contribution in [3.63, 3.8) is 0 Å². The maximum Gasteiger partial charge on any atom is 0.255 e. The number of phenols is 1. The normalized spacial score (nSPS) is 34.4. The van der Waals surface area contributed by atoms with Gasteiger partial charge in [0.15, 0.2) is 11.4 Å². The van der Waals surface area contributed by atoms with E-state index in [0.717, 1.165) is 0 Å². The maximum absolute atomic E-state index is 13.7. The third kappa shape index (κ3) is 2.48. The topological polar surface area (TPSA) is 182 Å². The van der Waals surface area contributed by atoms with E-state index in [1.807, 2.05) is 0 Å². The number of likely N-dealkylation sites (N-methyl/N-ethyl adjacent to an activating group) is 1. The molecule has 32 heavy (non-hydrogen) atoms. The van der Waals surface area contributed by atoms with Gasteiger partial charge in [-0.05, 0) is 39.1 Å². The van der Waals surface area contributed by atoms with Crippen molar-refractivity contribution in [2.45, 2.75) is 30.6 Å². The number of phenolic OH excluding ortho intramolecular Hbond substituents is 1. The van der Waals surface area contributed by atoms with Gasteiger partial charge in [0, 0.05) is 17.4 Å². The van der Waals surface area contributed by atoms with Crippen LogP contribution in [-0.4, -0.2) is 73.6 Å². The molecule has 0 bridgehead atoms. The van der Waals surface area contributed by atoms with E-state index in [0.29, 0.717) is 0 Å². The highest BCUT2D eigenvalue weighted by atomic mass is 16.3. The first-order valence-electron chi connectivity index (χ1n) is 9.97. The number of carbonyl (C=O) groups excluding carboxylic acids is 3. The van der Waals surface area contributed by atoms with E-state index in [4.69, 9.17) is 5.73 Å². The van der Waals surface area contributed by atoms with E-state index in [2.05, 4.69) is 0 Å². The highest BCUT2D eigenvalue weighted by molar-refractivity contribution is 6.24. The largest absolute Gasteiger partial charge is 0.508 e. The molecule has 0 heterocycles. The highest BCUT2D eigenvalue weighted by Gasteiger charge is 2.66. The van der Waals surface area contributed by atoms with Crippen molar-refractivity contribution in [2.75, 3.05) is 14.1 Å². The Morgan fingerprint density at radius 2 is 1.78 bits per heavy atom. The summed E-state index contributed by atoms with van der Waals surface area (Å²) in [6, 6.07) is 3.02. The van der Waals surface area contributed by atoms with Crippen LogP contribution in [0.4, 0.5) is 0 Å². The zero-order valence-corrected chi connectivity index (χ0v) is 17.7. The van der Waals surface area contributed by atoms with Crippen LogP contribution < -0.4 is 5.73 Å². The first kappa shape index (κ1) is 22.0. The monoisotopic (exact) mass is 444 g/mol. The first-order chi connectivity index (χ1) is 14.8. The molecule has 0 unspecified atom stereocenters. The summed E-state index contributed by atoms with van der Waals surface area (Å²) >= 11 is 0. The van der Waals surface area contributed by atoms with E-state index >= 15 is 0 Å². The molecule has 10 heteroatoms. The molecule has 3 aliphatic rings. The Hall–Kier alpha value is -3.21. The lowest BCUT2D eigenvalue weighted by atomic mass is 9.54. The van der Waals surface area contributed by atoms with Crippen molar-refractivity contribution in [1.82, 2.24) is 4.90 Å². The number of aromatic hydroxyl groups is 1. The number of ketones is 2. The number of hydrogen-bond acceptors (Lipinski definition) is 9. The molecule has 1 amide bonds. The van der Waals surface area contributed by atoms with Crippen LogP contribution in [0.5, 0.6) is 5.75 Å². The Morgan fingerprint density at radius 3 is 2.34 bits per heavy atom. The number of aliphatic hydroxyl groups excluding tert-OH is 2. The van der Waals surface area contributed by atoms with Crippen LogP contribution in [0.25, 0.3) is 5.76 Å². The van der Waals surface area contributed by atoms with Crippen LogP contribution in [-0.2, 0) is 20.0 Å². The number of Topliss-reactive ketones (excluding diaryl/α,β-unsaturated/α-hetero) is 2. The van der Waals surface area contributed by atoms with Gasteiger partial charge < -0.3 is 31.3 Å². The molecule has 0 aromatic heterocycles. The van der Waals surface area contributed by atoms with E-state index in [1.54, 1.807) is 0 Å². The van der Waals surface area contributed by atoms with Crippen molar-refractivity contribution in [2.24, 2.45) is 17.6 Å². The Labute approximate surface area is 182 Å². The van der Waals surface area contributed by atoms with Crippen molar-refractivity contribution >= 4 is 23.2 Å². The second-order valence-corrected chi connectivity index (χ2v) is 8.96. The first-order valence-corrected chi connectivity index (χ1v) is 9.97. The number of aliphatic hydroxyl groups is 4. The number of carbonyl (C=O) groups is 3. The number of benzene rings is 1. The van der Waals surface area contributed by atoms with E-state index in [9.17, 15) is 39.9 Å². The lowest BCUT2D eigenvalue weighted by Gasteiger charge is -2.53. The molecule has 5 atom stereocenters. The maximum atomic E-state index is 13.7. The third-order valence-corrected chi connectivity index (χ3v) is 7.02. The molecule has 1 aromatic carbocycles. The number of primary amides is 1. The lowest BCUT2D eigenvalue weighted by molar-refractivity contribution is -0.159. The lowest BCUT2D eigenvalue weighted by Crippen LogP contribution is -2.67. The van der Waals surface area contributed by atoms with E-state index in [1.165, 1.54) is 44.1 Å². The summed E-state index contributed by atoms with van der Waals surface area (Å²) in [6.45, 7) is 1.40. The molecule has 1 saturated carbocycles. The van der Waals surface area contributed by atoms with Gasteiger partial charge in [-0.3, -0.25) is 19.3 Å². The smallest absolute Gasteiger partial charge is 0.255 e. The number of rotatable bonds is 2. The van der Waals surface area contributed by atoms with Crippen molar-refractivity contribution < 1.29 is 39.9 Å². The van der Waals surface area contributed by atoms with Gasteiger partial charge in [-0.1, -0.05) is 12.1 Å². The van der Waals surface area contributed by atoms with Gasteiger partial charge in [-0.25, -0.2) is 0 Å². The molecule has 0 spiro atoms. The van der Waals surface area contributed by atoms with Gasteiger partial charge in [0.1, 0.15) is 22.8 Å². The standard InChI is InChI=1S/C22H24N2O8/c1-21(31)8-5-4-6-11(25)12(8)16(26)13-9(21)7-10-15(24(2)3)17(27)14(20(23)30)19(29)22(10,32)18(13)28/h4-6,9-10,15,25-26,29,31-32H,7H2,1-3H3,(H2,23,30)/t9-,10+,15+,21-,22-/m1/s1. The van der Waals surface area contributed by atoms with Crippen LogP contribution in [0, 0.1) is 11.8 Å². The average molecular weight is 444 g/mol. The minimum Gasteiger partial charge on any atom is -0.508 e. The summed E-state index contributed by atoms with van der Waals surface area (Å²) in [6.07, 6.45) is -0.200. The molecular formula is C22H24N2O8. The summed E-state index contributed by atoms with van der Waals surface area (Å²) in [5.74, 6) is -7.90. The van der Waals surface area contributed by atoms with Gasteiger partial charge in [0.2, 0.25) is 5.78 Å². The molecule has 0 radical (unpaired) electrons. The van der Waals surface area contributed by atoms with Crippen LogP contribution in [0.2, 0.25) is 0 Å². The zero-order chi connectivity index (χ0) is 23.9. The highest BCUT2D eigenvalue weighted by Crippen LogP contribution is 2.57. The fourth-order valence-corrected chi connectivity index (χ4v) is 5.50. The van der Waals surface area contributed by atoms with Crippen molar-refractivity contribution in [1.29, 1.82) is 0 Å². The summed E-state index contributed by atoms with van der Waals surface area (Å²) < 4.78 is 0. The number of nitrogens with two attached hydrogens (primary N) is 1. The summed E-state index contributed by atoms with van der Waals surface area (Å²) in [5, 5.41) is 54.9. The fourth-order valence-electron chi connectivity index (χ4n) is 5.50. The van der Waals surface area contributed by atoms with Crippen LogP contribution in [0.15, 0.2) is 35.1 Å². The summed E-state index contributed by atoms with van der Waals surface area (Å²) in [7, 11) is 3.01. The van der Waals surface area contributed by atoms with E-state index < -0.39 is 75.0 Å². The minimum absolute atomic E-state index is 0.170. The second kappa shape index (κ2) is 6.64. The summed E-state index contributed by atoms with van der Waals surface area (Å²) in [4.78, 5) is 40.0. The number of nitrogens with zero attached hydrogens (tertiary/aromatic N) is 1. The molecule has 0 saturated heterocycles. The number of fused-ring (bicyclic) bond motifs is 3. The average Bonchev–Trinajstić information content (AvgIpc) is 2.68. The molecule has 0 aliphatic heterocycles. The third-order valence-electron chi connectivity index (χ3n) is 7.02. The predicted molar refractivity (Wildman–Crippen MR) is 110 cm³/mol. The molecule has 10 nitrogen and oxygen atoms in total. The molecule has 1 aromatic rings. The Kier molecular flexibility index (Phi) is 4.57. The minimum atomic E-state index is -2.75.